The molecule has 0 fully saturated rings. The number of carbonyl (C=O) groups excluding carboxylic acids is 1. The summed E-state index contributed by atoms with van der Waals surface area (Å²) in [5.74, 6) is 0.179. The van der Waals surface area contributed by atoms with Gasteiger partial charge in [-0.3, -0.25) is 4.79 Å². The number of aryl methyl sites for hydroxylation is 1. The summed E-state index contributed by atoms with van der Waals surface area (Å²) in [5.41, 5.74) is 4.81. The SMILES string of the molecule is Cc1ccc2oc(-c3ccc(Cl)c(NC(=O)COc4c(Cl)c(C)c(Cl)c(C)c4Cl)c3)nc2c1. The zero-order chi connectivity index (χ0) is 23.9. The van der Waals surface area contributed by atoms with E-state index < -0.39 is 5.91 Å². The number of hydrogen-bond acceptors (Lipinski definition) is 4. The van der Waals surface area contributed by atoms with Crippen molar-refractivity contribution in [2.24, 2.45) is 0 Å². The maximum atomic E-state index is 12.6. The molecule has 3 aromatic carbocycles. The molecular formula is C24H18Cl4N2O3. The summed E-state index contributed by atoms with van der Waals surface area (Å²) in [5, 5.41) is 4.07. The molecule has 0 radical (unpaired) electrons. The molecule has 0 bridgehead atoms. The number of halogens is 4. The van der Waals surface area contributed by atoms with Crippen molar-refractivity contribution < 1.29 is 13.9 Å². The Hall–Kier alpha value is -2.44. The Morgan fingerprint density at radius 1 is 0.970 bits per heavy atom. The number of benzene rings is 3. The molecule has 0 saturated carbocycles. The average molecular weight is 524 g/mol. The molecule has 1 aromatic heterocycles. The number of aromatic nitrogens is 1. The largest absolute Gasteiger partial charge is 0.481 e. The Morgan fingerprint density at radius 3 is 2.36 bits per heavy atom. The Morgan fingerprint density at radius 2 is 1.67 bits per heavy atom. The van der Waals surface area contributed by atoms with E-state index in [4.69, 9.17) is 55.6 Å². The van der Waals surface area contributed by atoms with Crippen molar-refractivity contribution in [3.8, 4) is 17.2 Å². The fraction of sp³-hybridized carbons (Fsp3) is 0.167. The molecule has 1 heterocycles. The number of fused-ring (bicyclic) bond motifs is 1. The number of ether oxygens (including phenoxy) is 1. The van der Waals surface area contributed by atoms with Gasteiger partial charge in [0.2, 0.25) is 5.89 Å². The van der Waals surface area contributed by atoms with E-state index in [-0.39, 0.29) is 22.4 Å². The van der Waals surface area contributed by atoms with Crippen molar-refractivity contribution >= 4 is 69.1 Å². The van der Waals surface area contributed by atoms with Crippen molar-refractivity contribution in [3.05, 3.63) is 73.2 Å². The van der Waals surface area contributed by atoms with Gasteiger partial charge in [0.15, 0.2) is 17.9 Å². The molecule has 1 amide bonds. The second-order valence-corrected chi connectivity index (χ2v) is 9.08. The van der Waals surface area contributed by atoms with Crippen molar-refractivity contribution in [3.63, 3.8) is 0 Å². The third-order valence-electron chi connectivity index (χ3n) is 5.09. The van der Waals surface area contributed by atoms with Crippen LogP contribution in [0.5, 0.6) is 5.75 Å². The highest BCUT2D eigenvalue weighted by Gasteiger charge is 2.19. The smallest absolute Gasteiger partial charge is 0.262 e. The number of anilines is 1. The van der Waals surface area contributed by atoms with Crippen LogP contribution in [-0.2, 0) is 4.79 Å². The summed E-state index contributed by atoms with van der Waals surface area (Å²) in [7, 11) is 0. The first kappa shape index (κ1) is 23.7. The van der Waals surface area contributed by atoms with Gasteiger partial charge in [0.25, 0.3) is 5.91 Å². The Kier molecular flexibility index (Phi) is 6.78. The van der Waals surface area contributed by atoms with Gasteiger partial charge in [-0.15, -0.1) is 0 Å². The van der Waals surface area contributed by atoms with E-state index in [9.17, 15) is 4.79 Å². The summed E-state index contributed by atoms with van der Waals surface area (Å²) in [4.78, 5) is 17.1. The van der Waals surface area contributed by atoms with Gasteiger partial charge in [-0.1, -0.05) is 52.5 Å². The molecule has 0 aliphatic carbocycles. The van der Waals surface area contributed by atoms with Crippen LogP contribution in [0.3, 0.4) is 0 Å². The topological polar surface area (TPSA) is 64.4 Å². The second-order valence-electron chi connectivity index (χ2n) is 7.54. The summed E-state index contributed by atoms with van der Waals surface area (Å²) in [6.07, 6.45) is 0. The first-order valence-corrected chi connectivity index (χ1v) is 11.4. The van der Waals surface area contributed by atoms with E-state index in [1.54, 1.807) is 32.0 Å². The number of amides is 1. The van der Waals surface area contributed by atoms with E-state index in [1.165, 1.54) is 0 Å². The molecule has 0 unspecified atom stereocenters. The molecule has 0 aliphatic rings. The maximum Gasteiger partial charge on any atom is 0.262 e. The molecule has 1 N–H and O–H groups in total. The average Bonchev–Trinajstić information content (AvgIpc) is 3.21. The second kappa shape index (κ2) is 9.43. The van der Waals surface area contributed by atoms with Gasteiger partial charge in [-0.2, -0.15) is 0 Å². The van der Waals surface area contributed by atoms with Crippen LogP contribution >= 0.6 is 46.4 Å². The molecule has 4 rings (SSSR count). The van der Waals surface area contributed by atoms with Gasteiger partial charge >= 0.3 is 0 Å². The van der Waals surface area contributed by atoms with Crippen LogP contribution in [0.1, 0.15) is 16.7 Å². The molecular weight excluding hydrogens is 506 g/mol. The third kappa shape index (κ3) is 4.78. The lowest BCUT2D eigenvalue weighted by Crippen LogP contribution is -2.20. The highest BCUT2D eigenvalue weighted by molar-refractivity contribution is 6.42. The van der Waals surface area contributed by atoms with Crippen molar-refractivity contribution in [1.82, 2.24) is 4.98 Å². The predicted octanol–water partition coefficient (Wildman–Crippen LogP) is 8.05. The quantitative estimate of drug-likeness (QED) is 0.287. The van der Waals surface area contributed by atoms with Crippen molar-refractivity contribution in [2.45, 2.75) is 20.8 Å². The van der Waals surface area contributed by atoms with Gasteiger partial charge in [0, 0.05) is 10.6 Å². The minimum atomic E-state index is -0.445. The van der Waals surface area contributed by atoms with Crippen LogP contribution in [0.25, 0.3) is 22.6 Å². The number of nitrogens with one attached hydrogen (secondary N) is 1. The third-order valence-corrected chi connectivity index (χ3v) is 6.90. The van der Waals surface area contributed by atoms with Gasteiger partial charge < -0.3 is 14.5 Å². The highest BCUT2D eigenvalue weighted by Crippen LogP contribution is 2.42. The summed E-state index contributed by atoms with van der Waals surface area (Å²) in [6.45, 7) is 5.15. The van der Waals surface area contributed by atoms with E-state index in [0.29, 0.717) is 43.9 Å². The first-order valence-electron chi connectivity index (χ1n) is 9.89. The molecule has 170 valence electrons. The van der Waals surface area contributed by atoms with Crippen LogP contribution in [0.2, 0.25) is 20.1 Å². The van der Waals surface area contributed by atoms with Crippen LogP contribution < -0.4 is 10.1 Å². The maximum absolute atomic E-state index is 12.6. The lowest BCUT2D eigenvalue weighted by molar-refractivity contribution is -0.118. The molecule has 0 saturated heterocycles. The van der Waals surface area contributed by atoms with Gasteiger partial charge in [0.1, 0.15) is 5.52 Å². The van der Waals surface area contributed by atoms with Crippen molar-refractivity contribution in [2.75, 3.05) is 11.9 Å². The normalized spacial score (nSPS) is 11.1. The molecule has 4 aromatic rings. The first-order chi connectivity index (χ1) is 15.7. The van der Waals surface area contributed by atoms with Gasteiger partial charge in [-0.05, 0) is 67.8 Å². The number of oxazole rings is 1. The lowest BCUT2D eigenvalue weighted by atomic mass is 10.1. The van der Waals surface area contributed by atoms with E-state index in [1.807, 2.05) is 25.1 Å². The Balaban J connectivity index is 1.53. The standard InChI is InChI=1S/C24H18Cl4N2O3/c1-11-4-7-18-17(8-11)30-24(33-18)14-5-6-15(25)16(9-14)29-19(31)10-32-23-21(27)12(2)20(26)13(3)22(23)28/h4-9H,10H2,1-3H3,(H,29,31). The van der Waals surface area contributed by atoms with E-state index >= 15 is 0 Å². The fourth-order valence-electron chi connectivity index (χ4n) is 3.28. The zero-order valence-corrected chi connectivity index (χ0v) is 20.9. The predicted molar refractivity (Wildman–Crippen MR) is 134 cm³/mol. The van der Waals surface area contributed by atoms with Gasteiger partial charge in [0.05, 0.1) is 20.8 Å². The number of carbonyl (C=O) groups is 1. The van der Waals surface area contributed by atoms with E-state index in [2.05, 4.69) is 10.3 Å². The van der Waals surface area contributed by atoms with Crippen LogP contribution in [0.4, 0.5) is 5.69 Å². The minimum Gasteiger partial charge on any atom is -0.481 e. The molecule has 0 atom stereocenters. The number of rotatable bonds is 5. The van der Waals surface area contributed by atoms with Crippen LogP contribution in [-0.4, -0.2) is 17.5 Å². The molecule has 5 nitrogen and oxygen atoms in total. The van der Waals surface area contributed by atoms with Gasteiger partial charge in [-0.25, -0.2) is 4.98 Å². The van der Waals surface area contributed by atoms with Crippen LogP contribution in [0.15, 0.2) is 40.8 Å². The Bertz CT molecular complexity index is 1370. The van der Waals surface area contributed by atoms with E-state index in [0.717, 1.165) is 11.1 Å². The molecule has 0 aliphatic heterocycles. The zero-order valence-electron chi connectivity index (χ0n) is 17.9. The van der Waals surface area contributed by atoms with Crippen LogP contribution in [0, 0.1) is 20.8 Å². The Labute approximate surface area is 210 Å². The monoisotopic (exact) mass is 522 g/mol. The highest BCUT2D eigenvalue weighted by atomic mass is 35.5. The number of hydrogen-bond donors (Lipinski definition) is 1. The fourth-order valence-corrected chi connectivity index (χ4v) is 4.26. The lowest BCUT2D eigenvalue weighted by Gasteiger charge is -2.15. The van der Waals surface area contributed by atoms with Crippen molar-refractivity contribution in [1.29, 1.82) is 0 Å². The molecule has 9 heteroatoms. The summed E-state index contributed by atoms with van der Waals surface area (Å²) >= 11 is 25.1. The minimum absolute atomic E-state index is 0.203. The summed E-state index contributed by atoms with van der Waals surface area (Å²) < 4.78 is 11.5. The summed E-state index contributed by atoms with van der Waals surface area (Å²) in [6, 6.07) is 10.9. The number of nitrogens with zero attached hydrogens (tertiary/aromatic N) is 1. The molecule has 33 heavy (non-hydrogen) atoms. The molecule has 0 spiro atoms.